The SMILES string of the molecule is NCC=Cc1cnc(Cl)c(C(F)(F)F)c1. The summed E-state index contributed by atoms with van der Waals surface area (Å²) in [7, 11) is 0. The highest BCUT2D eigenvalue weighted by molar-refractivity contribution is 6.30. The monoisotopic (exact) mass is 236 g/mol. The zero-order valence-corrected chi connectivity index (χ0v) is 8.31. The van der Waals surface area contributed by atoms with Crippen molar-refractivity contribution in [2.45, 2.75) is 6.18 Å². The molecule has 0 aromatic carbocycles. The van der Waals surface area contributed by atoms with Crippen molar-refractivity contribution in [3.63, 3.8) is 0 Å². The first kappa shape index (κ1) is 12.0. The molecule has 0 aliphatic rings. The van der Waals surface area contributed by atoms with E-state index in [1.54, 1.807) is 0 Å². The normalized spacial score (nSPS) is 12.3. The number of pyridine rings is 1. The molecule has 2 N–H and O–H groups in total. The van der Waals surface area contributed by atoms with Crippen LogP contribution in [-0.4, -0.2) is 11.5 Å². The van der Waals surface area contributed by atoms with Crippen molar-refractivity contribution in [3.8, 4) is 0 Å². The van der Waals surface area contributed by atoms with Crippen LogP contribution in [0, 0.1) is 0 Å². The lowest BCUT2D eigenvalue weighted by atomic mass is 10.2. The minimum atomic E-state index is -4.49. The van der Waals surface area contributed by atoms with Gasteiger partial charge in [-0.2, -0.15) is 13.2 Å². The molecule has 0 unspecified atom stereocenters. The van der Waals surface area contributed by atoms with Gasteiger partial charge in [-0.1, -0.05) is 23.8 Å². The second-order valence-electron chi connectivity index (χ2n) is 2.74. The largest absolute Gasteiger partial charge is 0.419 e. The Morgan fingerprint density at radius 3 is 2.67 bits per heavy atom. The second-order valence-corrected chi connectivity index (χ2v) is 3.10. The van der Waals surface area contributed by atoms with Gasteiger partial charge in [0.15, 0.2) is 0 Å². The Morgan fingerprint density at radius 1 is 1.47 bits per heavy atom. The first-order valence-electron chi connectivity index (χ1n) is 4.04. The van der Waals surface area contributed by atoms with Gasteiger partial charge in [0.1, 0.15) is 5.15 Å². The Balaban J connectivity index is 3.11. The molecule has 1 aromatic rings. The van der Waals surface area contributed by atoms with E-state index < -0.39 is 16.9 Å². The van der Waals surface area contributed by atoms with Crippen LogP contribution in [0.3, 0.4) is 0 Å². The van der Waals surface area contributed by atoms with Crippen molar-refractivity contribution < 1.29 is 13.2 Å². The van der Waals surface area contributed by atoms with E-state index in [0.29, 0.717) is 5.56 Å². The molecule has 82 valence electrons. The lowest BCUT2D eigenvalue weighted by molar-refractivity contribution is -0.137. The van der Waals surface area contributed by atoms with Crippen LogP contribution in [0.2, 0.25) is 5.15 Å². The fourth-order valence-electron chi connectivity index (χ4n) is 0.958. The summed E-state index contributed by atoms with van der Waals surface area (Å²) in [6.45, 7) is 0.254. The molecule has 0 radical (unpaired) electrons. The number of hydrogen-bond donors (Lipinski definition) is 1. The Labute approximate surface area is 89.6 Å². The standard InChI is InChI=1S/C9H8ClF3N2/c10-8-7(9(11,12)13)4-6(5-15-8)2-1-3-14/h1-2,4-5H,3,14H2. The maximum atomic E-state index is 12.4. The van der Waals surface area contributed by atoms with Gasteiger partial charge >= 0.3 is 6.18 Å². The van der Waals surface area contributed by atoms with E-state index in [9.17, 15) is 13.2 Å². The highest BCUT2D eigenvalue weighted by Crippen LogP contribution is 2.33. The molecular weight excluding hydrogens is 229 g/mol. The van der Waals surface area contributed by atoms with Gasteiger partial charge in [-0.15, -0.1) is 0 Å². The van der Waals surface area contributed by atoms with Crippen LogP contribution in [0.5, 0.6) is 0 Å². The molecule has 0 saturated carbocycles. The van der Waals surface area contributed by atoms with Crippen LogP contribution in [0.1, 0.15) is 11.1 Å². The molecule has 0 atom stereocenters. The molecule has 0 amide bonds. The van der Waals surface area contributed by atoms with E-state index in [4.69, 9.17) is 17.3 Å². The van der Waals surface area contributed by atoms with Gasteiger partial charge in [0.2, 0.25) is 0 Å². The maximum absolute atomic E-state index is 12.4. The second kappa shape index (κ2) is 4.63. The zero-order chi connectivity index (χ0) is 11.5. The summed E-state index contributed by atoms with van der Waals surface area (Å²) in [5.74, 6) is 0. The Hall–Kier alpha value is -1.07. The van der Waals surface area contributed by atoms with E-state index in [0.717, 1.165) is 6.07 Å². The minimum Gasteiger partial charge on any atom is -0.327 e. The summed E-state index contributed by atoms with van der Waals surface area (Å²) < 4.78 is 37.1. The average Bonchev–Trinajstić information content (AvgIpc) is 2.15. The topological polar surface area (TPSA) is 38.9 Å². The van der Waals surface area contributed by atoms with E-state index >= 15 is 0 Å². The fourth-order valence-corrected chi connectivity index (χ4v) is 1.17. The molecular formula is C9H8ClF3N2. The number of halogens is 4. The summed E-state index contributed by atoms with van der Waals surface area (Å²) >= 11 is 5.33. The zero-order valence-electron chi connectivity index (χ0n) is 7.55. The number of nitrogens with two attached hydrogens (primary N) is 1. The molecule has 0 aliphatic heterocycles. The van der Waals surface area contributed by atoms with Crippen molar-refractivity contribution in [1.29, 1.82) is 0 Å². The number of rotatable bonds is 2. The molecule has 1 rings (SSSR count). The van der Waals surface area contributed by atoms with E-state index in [1.807, 2.05) is 0 Å². The quantitative estimate of drug-likeness (QED) is 0.802. The first-order valence-corrected chi connectivity index (χ1v) is 4.42. The lowest BCUT2D eigenvalue weighted by Gasteiger charge is -2.08. The highest BCUT2D eigenvalue weighted by atomic mass is 35.5. The first-order chi connectivity index (χ1) is 6.95. The Morgan fingerprint density at radius 2 is 2.13 bits per heavy atom. The molecule has 1 aromatic heterocycles. The van der Waals surface area contributed by atoms with Crippen LogP contribution in [0.15, 0.2) is 18.3 Å². The molecule has 0 aliphatic carbocycles. The van der Waals surface area contributed by atoms with Gasteiger partial charge in [0, 0.05) is 12.7 Å². The van der Waals surface area contributed by atoms with Gasteiger partial charge in [0.25, 0.3) is 0 Å². The number of nitrogens with zero attached hydrogens (tertiary/aromatic N) is 1. The number of alkyl halides is 3. The molecule has 2 nitrogen and oxygen atoms in total. The van der Waals surface area contributed by atoms with Crippen molar-refractivity contribution in [1.82, 2.24) is 4.98 Å². The van der Waals surface area contributed by atoms with Crippen LogP contribution >= 0.6 is 11.6 Å². The highest BCUT2D eigenvalue weighted by Gasteiger charge is 2.33. The molecule has 0 fully saturated rings. The fraction of sp³-hybridized carbons (Fsp3) is 0.222. The molecule has 6 heteroatoms. The third-order valence-electron chi connectivity index (χ3n) is 1.61. The minimum absolute atomic E-state index is 0.254. The van der Waals surface area contributed by atoms with Gasteiger partial charge in [-0.3, -0.25) is 0 Å². The van der Waals surface area contributed by atoms with Crippen molar-refractivity contribution in [2.75, 3.05) is 6.54 Å². The third kappa shape index (κ3) is 3.21. The van der Waals surface area contributed by atoms with Crippen LogP contribution in [0.25, 0.3) is 6.08 Å². The van der Waals surface area contributed by atoms with Crippen LogP contribution < -0.4 is 5.73 Å². The van der Waals surface area contributed by atoms with E-state index in [2.05, 4.69) is 4.98 Å². The summed E-state index contributed by atoms with van der Waals surface area (Å²) in [5, 5.41) is -0.549. The summed E-state index contributed by atoms with van der Waals surface area (Å²) in [6, 6.07) is 0.932. The third-order valence-corrected chi connectivity index (χ3v) is 1.91. The summed E-state index contributed by atoms with van der Waals surface area (Å²) in [6.07, 6.45) is -0.246. The van der Waals surface area contributed by atoms with Gasteiger partial charge < -0.3 is 5.73 Å². The molecule has 0 spiro atoms. The molecule has 0 saturated heterocycles. The van der Waals surface area contributed by atoms with Crippen molar-refractivity contribution in [3.05, 3.63) is 34.6 Å². The molecule has 1 heterocycles. The van der Waals surface area contributed by atoms with Crippen LogP contribution in [-0.2, 0) is 6.18 Å². The smallest absolute Gasteiger partial charge is 0.327 e. The Kier molecular flexibility index (Phi) is 3.71. The predicted molar refractivity (Wildman–Crippen MR) is 52.3 cm³/mol. The summed E-state index contributed by atoms with van der Waals surface area (Å²) in [5.41, 5.74) is 4.55. The van der Waals surface area contributed by atoms with E-state index in [-0.39, 0.29) is 6.54 Å². The lowest BCUT2D eigenvalue weighted by Crippen LogP contribution is -2.07. The van der Waals surface area contributed by atoms with Crippen molar-refractivity contribution in [2.24, 2.45) is 5.73 Å². The van der Waals surface area contributed by atoms with Gasteiger partial charge in [0.05, 0.1) is 5.56 Å². The maximum Gasteiger partial charge on any atom is 0.419 e. The van der Waals surface area contributed by atoms with Crippen LogP contribution in [0.4, 0.5) is 13.2 Å². The van der Waals surface area contributed by atoms with Gasteiger partial charge in [-0.05, 0) is 11.6 Å². The van der Waals surface area contributed by atoms with Crippen molar-refractivity contribution >= 4 is 17.7 Å². The molecule has 0 bridgehead atoms. The average molecular weight is 237 g/mol. The van der Waals surface area contributed by atoms with Gasteiger partial charge in [-0.25, -0.2) is 4.98 Å². The van der Waals surface area contributed by atoms with E-state index in [1.165, 1.54) is 18.3 Å². The summed E-state index contributed by atoms with van der Waals surface area (Å²) in [4.78, 5) is 3.45. The predicted octanol–water partition coefficient (Wildman–Crippen LogP) is 2.73. The molecule has 15 heavy (non-hydrogen) atoms. The Bertz CT molecular complexity index is 374. The number of hydrogen-bond acceptors (Lipinski definition) is 2. The number of aromatic nitrogens is 1.